The number of pyridine rings is 1. The van der Waals surface area contributed by atoms with Crippen molar-refractivity contribution in [2.45, 2.75) is 51.7 Å². The molecule has 36 heavy (non-hydrogen) atoms. The molecule has 0 unspecified atom stereocenters. The van der Waals surface area contributed by atoms with Crippen LogP contribution in [0.2, 0.25) is 5.02 Å². The lowest BCUT2D eigenvalue weighted by molar-refractivity contribution is 0.0275. The number of nitrogens with zero attached hydrogens (tertiary/aromatic N) is 4. The van der Waals surface area contributed by atoms with Crippen molar-refractivity contribution in [2.24, 2.45) is 5.92 Å². The molecule has 2 fully saturated rings. The number of ether oxygens (including phenoxy) is 3. The number of halogens is 1. The first-order chi connectivity index (χ1) is 17.2. The minimum absolute atomic E-state index is 0.123. The number of fused-ring (bicyclic) bond motifs is 1. The molecule has 1 N–H and O–H groups in total. The van der Waals surface area contributed by atoms with Crippen LogP contribution in [-0.2, 0) is 4.74 Å². The highest BCUT2D eigenvalue weighted by atomic mass is 35.5. The van der Waals surface area contributed by atoms with Crippen molar-refractivity contribution in [1.82, 2.24) is 19.9 Å². The van der Waals surface area contributed by atoms with E-state index in [2.05, 4.69) is 20.3 Å². The minimum Gasteiger partial charge on any atom is -0.488 e. The summed E-state index contributed by atoms with van der Waals surface area (Å²) in [5, 5.41) is 4.52. The smallest absolute Gasteiger partial charge is 0.410 e. The van der Waals surface area contributed by atoms with Gasteiger partial charge in [-0.2, -0.15) is 0 Å². The van der Waals surface area contributed by atoms with E-state index in [4.69, 9.17) is 25.8 Å². The summed E-state index contributed by atoms with van der Waals surface area (Å²) in [5.74, 6) is 2.34. The molecule has 5 rings (SSSR count). The zero-order valence-electron chi connectivity index (χ0n) is 20.7. The lowest BCUT2D eigenvalue weighted by Gasteiger charge is -2.24. The Kier molecular flexibility index (Phi) is 6.75. The molecule has 1 aliphatic carbocycles. The lowest BCUT2D eigenvalue weighted by Crippen LogP contribution is -2.36. The topological polar surface area (TPSA) is 98.7 Å². The zero-order chi connectivity index (χ0) is 25.3. The van der Waals surface area contributed by atoms with E-state index in [1.54, 1.807) is 17.2 Å². The van der Waals surface area contributed by atoms with Crippen molar-refractivity contribution in [3.8, 4) is 11.6 Å². The third-order valence-electron chi connectivity index (χ3n) is 5.93. The molecule has 1 saturated heterocycles. The summed E-state index contributed by atoms with van der Waals surface area (Å²) in [5.41, 5.74) is 0.931. The highest BCUT2D eigenvalue weighted by molar-refractivity contribution is 6.32. The van der Waals surface area contributed by atoms with Gasteiger partial charge in [0.1, 0.15) is 34.6 Å². The van der Waals surface area contributed by atoms with Crippen molar-refractivity contribution < 1.29 is 19.0 Å². The number of carbonyl (C=O) groups excluding carboxylic acids is 1. The van der Waals surface area contributed by atoms with Crippen LogP contribution in [0.15, 0.2) is 36.8 Å². The van der Waals surface area contributed by atoms with Gasteiger partial charge in [-0.05, 0) is 63.8 Å². The summed E-state index contributed by atoms with van der Waals surface area (Å²) in [6, 6.07) is 7.43. The first-order valence-electron chi connectivity index (χ1n) is 12.2. The van der Waals surface area contributed by atoms with Crippen molar-refractivity contribution in [1.29, 1.82) is 0 Å². The van der Waals surface area contributed by atoms with Crippen LogP contribution >= 0.6 is 11.6 Å². The molecule has 190 valence electrons. The molecule has 10 heteroatoms. The van der Waals surface area contributed by atoms with Gasteiger partial charge in [0, 0.05) is 18.4 Å². The molecule has 2 aliphatic rings. The predicted molar refractivity (Wildman–Crippen MR) is 137 cm³/mol. The van der Waals surface area contributed by atoms with Gasteiger partial charge in [-0.1, -0.05) is 11.6 Å². The number of anilines is 2. The van der Waals surface area contributed by atoms with E-state index in [0.29, 0.717) is 53.8 Å². The molecule has 3 aromatic rings. The molecular formula is C26H30ClN5O4. The van der Waals surface area contributed by atoms with Crippen LogP contribution in [0.5, 0.6) is 11.6 Å². The highest BCUT2D eigenvalue weighted by Gasteiger charge is 2.31. The second-order valence-corrected chi connectivity index (χ2v) is 10.7. The maximum Gasteiger partial charge on any atom is 0.410 e. The summed E-state index contributed by atoms with van der Waals surface area (Å²) in [7, 11) is 0. The van der Waals surface area contributed by atoms with Crippen LogP contribution in [0, 0.1) is 5.92 Å². The Bertz CT molecular complexity index is 1260. The maximum absolute atomic E-state index is 12.4. The van der Waals surface area contributed by atoms with E-state index < -0.39 is 5.60 Å². The molecule has 1 atom stereocenters. The summed E-state index contributed by atoms with van der Waals surface area (Å²) < 4.78 is 17.4. The summed E-state index contributed by atoms with van der Waals surface area (Å²) in [6.45, 7) is 7.30. The van der Waals surface area contributed by atoms with Gasteiger partial charge in [-0.25, -0.2) is 19.7 Å². The number of rotatable bonds is 7. The predicted octanol–water partition coefficient (Wildman–Crippen LogP) is 5.60. The number of nitrogens with one attached hydrogen (secondary N) is 1. The summed E-state index contributed by atoms with van der Waals surface area (Å²) in [4.78, 5) is 27.2. The van der Waals surface area contributed by atoms with Crippen LogP contribution in [0.25, 0.3) is 10.9 Å². The molecule has 1 aromatic carbocycles. The first-order valence-corrected chi connectivity index (χ1v) is 12.6. The Morgan fingerprint density at radius 2 is 2.00 bits per heavy atom. The van der Waals surface area contributed by atoms with Gasteiger partial charge in [0.25, 0.3) is 0 Å². The molecule has 0 bridgehead atoms. The van der Waals surface area contributed by atoms with Gasteiger partial charge in [0.05, 0.1) is 30.6 Å². The second-order valence-electron chi connectivity index (χ2n) is 10.2. The van der Waals surface area contributed by atoms with Crippen LogP contribution in [0.3, 0.4) is 0 Å². The number of hydrogen-bond acceptors (Lipinski definition) is 8. The van der Waals surface area contributed by atoms with E-state index in [0.717, 1.165) is 17.3 Å². The molecule has 2 aromatic heterocycles. The zero-order valence-corrected chi connectivity index (χ0v) is 21.4. The van der Waals surface area contributed by atoms with Gasteiger partial charge in [-0.15, -0.1) is 0 Å². The molecule has 0 spiro atoms. The van der Waals surface area contributed by atoms with Gasteiger partial charge >= 0.3 is 6.09 Å². The van der Waals surface area contributed by atoms with Crippen molar-refractivity contribution in [3.05, 3.63) is 41.8 Å². The fourth-order valence-electron chi connectivity index (χ4n) is 3.94. The number of carbonyl (C=O) groups is 1. The SMILES string of the molecule is CC(C)(C)OC(=O)N1CC[C@H](Oc2ccc3ncnc(Nc4cnc(OCC5CC5)c(Cl)c4)c3c2)C1. The standard InChI is InChI=1S/C26H30ClN5O4/c1-26(2,3)36-25(33)32-9-8-19(13-32)35-18-6-7-22-20(11-18)23(30-15-29-22)31-17-10-21(27)24(28-12-17)34-14-16-4-5-16/h6-7,10-12,15-16,19H,4-5,8-9,13-14H2,1-3H3,(H,29,30,31)/t19-/m0/s1. The van der Waals surface area contributed by atoms with E-state index >= 15 is 0 Å². The Morgan fingerprint density at radius 3 is 2.75 bits per heavy atom. The fraction of sp³-hybridized carbons (Fsp3) is 0.462. The third kappa shape index (κ3) is 6.07. The first kappa shape index (κ1) is 24.4. The van der Waals surface area contributed by atoms with E-state index in [1.165, 1.54) is 19.2 Å². The van der Waals surface area contributed by atoms with E-state index in [9.17, 15) is 4.79 Å². The molecule has 9 nitrogen and oxygen atoms in total. The Hall–Kier alpha value is -3.33. The van der Waals surface area contributed by atoms with E-state index in [-0.39, 0.29) is 12.2 Å². The Morgan fingerprint density at radius 1 is 1.17 bits per heavy atom. The van der Waals surface area contributed by atoms with Crippen molar-refractivity contribution >= 4 is 40.1 Å². The van der Waals surface area contributed by atoms with E-state index in [1.807, 2.05) is 39.0 Å². The normalized spacial score (nSPS) is 17.8. The molecule has 3 heterocycles. The maximum atomic E-state index is 12.4. The average molecular weight is 512 g/mol. The third-order valence-corrected chi connectivity index (χ3v) is 6.20. The van der Waals surface area contributed by atoms with Gasteiger partial charge in [0.15, 0.2) is 0 Å². The van der Waals surface area contributed by atoms with Gasteiger partial charge < -0.3 is 24.4 Å². The lowest BCUT2D eigenvalue weighted by atomic mass is 10.2. The Balaban J connectivity index is 1.27. The number of benzene rings is 1. The molecule has 0 radical (unpaired) electrons. The number of aromatic nitrogens is 3. The van der Waals surface area contributed by atoms with Crippen molar-refractivity contribution in [2.75, 3.05) is 25.0 Å². The average Bonchev–Trinajstić information content (AvgIpc) is 3.53. The molecule has 1 amide bonds. The van der Waals surface area contributed by atoms with Crippen LogP contribution in [-0.4, -0.2) is 57.3 Å². The molecule has 1 saturated carbocycles. The molecule has 1 aliphatic heterocycles. The van der Waals surface area contributed by atoms with Crippen molar-refractivity contribution in [3.63, 3.8) is 0 Å². The Labute approximate surface area is 215 Å². The summed E-state index contributed by atoms with van der Waals surface area (Å²) in [6.07, 6.45) is 5.87. The molecular weight excluding hydrogens is 482 g/mol. The van der Waals surface area contributed by atoms with Gasteiger partial charge in [0.2, 0.25) is 5.88 Å². The monoisotopic (exact) mass is 511 g/mol. The van der Waals surface area contributed by atoms with Crippen LogP contribution in [0.1, 0.15) is 40.0 Å². The van der Waals surface area contributed by atoms with Gasteiger partial charge in [-0.3, -0.25) is 0 Å². The minimum atomic E-state index is -0.526. The number of hydrogen-bond donors (Lipinski definition) is 1. The summed E-state index contributed by atoms with van der Waals surface area (Å²) >= 11 is 6.39. The quantitative estimate of drug-likeness (QED) is 0.437. The largest absolute Gasteiger partial charge is 0.488 e. The van der Waals surface area contributed by atoms with Crippen LogP contribution < -0.4 is 14.8 Å². The highest BCUT2D eigenvalue weighted by Crippen LogP contribution is 2.33. The fourth-order valence-corrected chi connectivity index (χ4v) is 4.16. The second kappa shape index (κ2) is 9.97. The van der Waals surface area contributed by atoms with Crippen LogP contribution in [0.4, 0.5) is 16.3 Å². The number of likely N-dealkylation sites (tertiary alicyclic amines) is 1. The number of amides is 1.